The Balaban J connectivity index is 2.35. The zero-order valence-electron chi connectivity index (χ0n) is 8.53. The maximum atomic E-state index is 9.73. The SMILES string of the molecule is CCCCCC1N=C(N)C(C)C1O. The molecule has 3 unspecified atom stereocenters. The van der Waals surface area contributed by atoms with Gasteiger partial charge in [-0.1, -0.05) is 33.1 Å². The van der Waals surface area contributed by atoms with Gasteiger partial charge >= 0.3 is 0 Å². The molecule has 13 heavy (non-hydrogen) atoms. The van der Waals surface area contributed by atoms with Gasteiger partial charge in [-0.05, 0) is 6.42 Å². The number of nitrogens with two attached hydrogens (primary N) is 1. The Labute approximate surface area is 80.0 Å². The Morgan fingerprint density at radius 3 is 2.62 bits per heavy atom. The maximum Gasteiger partial charge on any atom is 0.0997 e. The van der Waals surface area contributed by atoms with E-state index in [0.717, 1.165) is 12.8 Å². The number of nitrogens with zero attached hydrogens (tertiary/aromatic N) is 1. The molecule has 0 saturated heterocycles. The van der Waals surface area contributed by atoms with Crippen LogP contribution in [0.2, 0.25) is 0 Å². The molecule has 1 rings (SSSR count). The van der Waals surface area contributed by atoms with Gasteiger partial charge in [0.1, 0.15) is 0 Å². The fourth-order valence-corrected chi connectivity index (χ4v) is 1.73. The van der Waals surface area contributed by atoms with Crippen LogP contribution in [0.3, 0.4) is 0 Å². The molecule has 0 bridgehead atoms. The molecule has 0 aliphatic carbocycles. The van der Waals surface area contributed by atoms with E-state index in [9.17, 15) is 5.11 Å². The van der Waals surface area contributed by atoms with Crippen molar-refractivity contribution in [2.75, 3.05) is 0 Å². The van der Waals surface area contributed by atoms with Gasteiger partial charge in [0.2, 0.25) is 0 Å². The second kappa shape index (κ2) is 4.61. The summed E-state index contributed by atoms with van der Waals surface area (Å²) < 4.78 is 0. The average Bonchev–Trinajstić information content (AvgIpc) is 2.34. The van der Waals surface area contributed by atoms with Crippen LogP contribution in [0.1, 0.15) is 39.5 Å². The van der Waals surface area contributed by atoms with E-state index in [4.69, 9.17) is 5.73 Å². The second-order valence-corrected chi connectivity index (χ2v) is 3.90. The highest BCUT2D eigenvalue weighted by Gasteiger charge is 2.32. The Hall–Kier alpha value is -0.570. The second-order valence-electron chi connectivity index (χ2n) is 3.90. The van der Waals surface area contributed by atoms with E-state index < -0.39 is 0 Å². The van der Waals surface area contributed by atoms with Gasteiger partial charge in [0.15, 0.2) is 0 Å². The molecule has 3 heteroatoms. The van der Waals surface area contributed by atoms with E-state index in [1.54, 1.807) is 0 Å². The van der Waals surface area contributed by atoms with Gasteiger partial charge < -0.3 is 10.8 Å². The van der Waals surface area contributed by atoms with Crippen LogP contribution >= 0.6 is 0 Å². The van der Waals surface area contributed by atoms with E-state index in [2.05, 4.69) is 11.9 Å². The summed E-state index contributed by atoms with van der Waals surface area (Å²) in [6.45, 7) is 4.11. The summed E-state index contributed by atoms with van der Waals surface area (Å²) in [7, 11) is 0. The molecule has 1 aliphatic heterocycles. The van der Waals surface area contributed by atoms with Gasteiger partial charge in [-0.3, -0.25) is 4.99 Å². The Morgan fingerprint density at radius 2 is 2.15 bits per heavy atom. The Kier molecular flexibility index (Phi) is 3.72. The summed E-state index contributed by atoms with van der Waals surface area (Å²) in [6, 6.07) is 0.0570. The highest BCUT2D eigenvalue weighted by molar-refractivity contribution is 5.85. The van der Waals surface area contributed by atoms with Crippen LogP contribution < -0.4 is 5.73 Å². The van der Waals surface area contributed by atoms with Crippen LogP contribution in [-0.4, -0.2) is 23.1 Å². The van der Waals surface area contributed by atoms with Gasteiger partial charge in [0.05, 0.1) is 18.0 Å². The van der Waals surface area contributed by atoms with Crippen LogP contribution in [0.25, 0.3) is 0 Å². The molecule has 1 aliphatic rings. The largest absolute Gasteiger partial charge is 0.390 e. The first-order valence-corrected chi connectivity index (χ1v) is 5.18. The van der Waals surface area contributed by atoms with Gasteiger partial charge in [-0.15, -0.1) is 0 Å². The number of aliphatic hydroxyl groups excluding tert-OH is 1. The fraction of sp³-hybridized carbons (Fsp3) is 0.900. The lowest BCUT2D eigenvalue weighted by Gasteiger charge is -2.14. The van der Waals surface area contributed by atoms with E-state index in [0.29, 0.717) is 5.84 Å². The lowest BCUT2D eigenvalue weighted by Crippen LogP contribution is -2.29. The predicted molar refractivity (Wildman–Crippen MR) is 54.7 cm³/mol. The normalized spacial score (nSPS) is 33.5. The van der Waals surface area contributed by atoms with E-state index in [-0.39, 0.29) is 18.1 Å². The molecule has 3 atom stereocenters. The molecule has 0 amide bonds. The minimum Gasteiger partial charge on any atom is -0.390 e. The molecular formula is C10H20N2O. The number of rotatable bonds is 4. The topological polar surface area (TPSA) is 58.6 Å². The summed E-state index contributed by atoms with van der Waals surface area (Å²) >= 11 is 0. The van der Waals surface area contributed by atoms with Crippen molar-refractivity contribution in [2.24, 2.45) is 16.6 Å². The minimum atomic E-state index is -0.350. The molecule has 76 valence electrons. The zero-order chi connectivity index (χ0) is 9.84. The minimum absolute atomic E-state index is 0.0478. The van der Waals surface area contributed by atoms with Gasteiger partial charge in [-0.2, -0.15) is 0 Å². The molecule has 3 N–H and O–H groups in total. The predicted octanol–water partition coefficient (Wildman–Crippen LogP) is 1.30. The van der Waals surface area contributed by atoms with Crippen molar-refractivity contribution in [1.29, 1.82) is 0 Å². The van der Waals surface area contributed by atoms with Crippen LogP contribution in [0.5, 0.6) is 0 Å². The molecule has 0 spiro atoms. The fourth-order valence-electron chi connectivity index (χ4n) is 1.73. The maximum absolute atomic E-state index is 9.73. The van der Waals surface area contributed by atoms with E-state index in [1.807, 2.05) is 6.92 Å². The molecule has 1 heterocycles. The lowest BCUT2D eigenvalue weighted by atomic mass is 9.98. The van der Waals surface area contributed by atoms with Crippen LogP contribution in [0.4, 0.5) is 0 Å². The van der Waals surface area contributed by atoms with Crippen molar-refractivity contribution in [2.45, 2.75) is 51.7 Å². The van der Waals surface area contributed by atoms with Crippen molar-refractivity contribution in [3.8, 4) is 0 Å². The lowest BCUT2D eigenvalue weighted by molar-refractivity contribution is 0.125. The average molecular weight is 184 g/mol. The third-order valence-corrected chi connectivity index (χ3v) is 2.79. The van der Waals surface area contributed by atoms with Crippen molar-refractivity contribution in [3.05, 3.63) is 0 Å². The Morgan fingerprint density at radius 1 is 1.46 bits per heavy atom. The number of hydrogen-bond donors (Lipinski definition) is 2. The zero-order valence-corrected chi connectivity index (χ0v) is 8.53. The molecule has 3 nitrogen and oxygen atoms in total. The van der Waals surface area contributed by atoms with Crippen LogP contribution in [0.15, 0.2) is 4.99 Å². The van der Waals surface area contributed by atoms with Gasteiger partial charge in [0, 0.05) is 5.92 Å². The number of aliphatic imine (C=N–C) groups is 1. The molecule has 0 fully saturated rings. The quantitative estimate of drug-likeness (QED) is 0.647. The number of hydrogen-bond acceptors (Lipinski definition) is 3. The van der Waals surface area contributed by atoms with Crippen molar-refractivity contribution in [1.82, 2.24) is 0 Å². The van der Waals surface area contributed by atoms with Crippen molar-refractivity contribution < 1.29 is 5.11 Å². The number of unbranched alkanes of at least 4 members (excludes halogenated alkanes) is 2. The third kappa shape index (κ3) is 2.44. The van der Waals surface area contributed by atoms with Gasteiger partial charge in [-0.25, -0.2) is 0 Å². The van der Waals surface area contributed by atoms with Crippen LogP contribution in [-0.2, 0) is 0 Å². The highest BCUT2D eigenvalue weighted by atomic mass is 16.3. The summed E-state index contributed by atoms with van der Waals surface area (Å²) in [5.74, 6) is 0.667. The molecule has 0 aromatic carbocycles. The number of amidine groups is 1. The number of aliphatic hydroxyl groups is 1. The summed E-state index contributed by atoms with van der Waals surface area (Å²) in [5, 5.41) is 9.73. The van der Waals surface area contributed by atoms with E-state index in [1.165, 1.54) is 12.8 Å². The smallest absolute Gasteiger partial charge is 0.0997 e. The first-order chi connectivity index (χ1) is 6.16. The molecule has 0 aromatic rings. The first kappa shape index (κ1) is 10.5. The molecule has 0 aromatic heterocycles. The van der Waals surface area contributed by atoms with Crippen LogP contribution in [0, 0.1) is 5.92 Å². The highest BCUT2D eigenvalue weighted by Crippen LogP contribution is 2.22. The summed E-state index contributed by atoms with van der Waals surface area (Å²) in [5.41, 5.74) is 5.65. The van der Waals surface area contributed by atoms with E-state index >= 15 is 0 Å². The van der Waals surface area contributed by atoms with Gasteiger partial charge in [0.25, 0.3) is 0 Å². The third-order valence-electron chi connectivity index (χ3n) is 2.79. The molecule has 0 radical (unpaired) electrons. The summed E-state index contributed by atoms with van der Waals surface area (Å²) in [6.07, 6.45) is 4.18. The summed E-state index contributed by atoms with van der Waals surface area (Å²) in [4.78, 5) is 4.27. The monoisotopic (exact) mass is 184 g/mol. The standard InChI is InChI=1S/C10H20N2O/c1-3-4-5-6-8-9(13)7(2)10(11)12-8/h7-9,13H,3-6H2,1-2H3,(H2,11,12). The van der Waals surface area contributed by atoms with Crippen molar-refractivity contribution >= 4 is 5.84 Å². The molecular weight excluding hydrogens is 164 g/mol. The van der Waals surface area contributed by atoms with Crippen molar-refractivity contribution in [3.63, 3.8) is 0 Å². The first-order valence-electron chi connectivity index (χ1n) is 5.18. The molecule has 0 saturated carbocycles. The Bertz CT molecular complexity index is 191.